The van der Waals surface area contributed by atoms with Crippen LogP contribution in [0.3, 0.4) is 0 Å². The highest BCUT2D eigenvalue weighted by molar-refractivity contribution is 5.71. The number of carbonyl (C=O) groups excluding carboxylic acids is 3. The van der Waals surface area contributed by atoms with Crippen molar-refractivity contribution in [3.63, 3.8) is 0 Å². The van der Waals surface area contributed by atoms with Crippen molar-refractivity contribution in [3.8, 4) is 0 Å². The number of carbonyl (C=O) groups is 3. The van der Waals surface area contributed by atoms with E-state index < -0.39 is 6.10 Å². The fourth-order valence-electron chi connectivity index (χ4n) is 10.7. The zero-order valence-corrected chi connectivity index (χ0v) is 54.3. The molecule has 81 heavy (non-hydrogen) atoms. The van der Waals surface area contributed by atoms with Crippen molar-refractivity contribution in [2.45, 2.75) is 386 Å². The Morgan fingerprint density at radius 1 is 0.259 bits per heavy atom. The highest BCUT2D eigenvalue weighted by Crippen LogP contribution is 2.19. The molecule has 0 aromatic heterocycles. The second kappa shape index (κ2) is 69.6. The summed E-state index contributed by atoms with van der Waals surface area (Å²) in [6.07, 6.45) is 90.0. The summed E-state index contributed by atoms with van der Waals surface area (Å²) in [4.78, 5) is 38.3. The summed E-state index contributed by atoms with van der Waals surface area (Å²) in [7, 11) is 0. The average Bonchev–Trinajstić information content (AvgIpc) is 3.46. The number of ether oxygens (including phenoxy) is 3. The zero-order valence-electron chi connectivity index (χ0n) is 54.3. The summed E-state index contributed by atoms with van der Waals surface area (Å²) in [5.41, 5.74) is 0. The molecule has 0 N–H and O–H groups in total. The average molecular weight is 1130 g/mol. The van der Waals surface area contributed by atoms with Gasteiger partial charge in [-0.25, -0.2) is 0 Å². The van der Waals surface area contributed by atoms with Crippen molar-refractivity contribution >= 4 is 17.9 Å². The highest BCUT2D eigenvalue weighted by Gasteiger charge is 2.19. The van der Waals surface area contributed by atoms with Gasteiger partial charge in [-0.1, -0.05) is 345 Å². The summed E-state index contributed by atoms with van der Waals surface area (Å²) in [5.74, 6) is -0.897. The molecular weight excluding hydrogens is 997 g/mol. The molecule has 0 saturated carbocycles. The molecule has 0 amide bonds. The van der Waals surface area contributed by atoms with E-state index in [4.69, 9.17) is 14.2 Å². The normalized spacial score (nSPS) is 12.4. The molecule has 0 rings (SSSR count). The molecule has 0 aliphatic rings. The maximum atomic E-state index is 12.9. The Bertz CT molecular complexity index is 1440. The molecule has 0 spiro atoms. The summed E-state index contributed by atoms with van der Waals surface area (Å²) >= 11 is 0. The topological polar surface area (TPSA) is 78.9 Å². The smallest absolute Gasteiger partial charge is 0.306 e. The molecule has 472 valence electrons. The maximum Gasteiger partial charge on any atom is 0.306 e. The minimum absolute atomic E-state index is 0.0831. The van der Waals surface area contributed by atoms with Gasteiger partial charge in [-0.3, -0.25) is 14.4 Å². The van der Waals surface area contributed by atoms with Crippen molar-refractivity contribution in [2.24, 2.45) is 0 Å². The molecule has 0 radical (unpaired) electrons. The first-order chi connectivity index (χ1) is 40.0. The third-order valence-corrected chi connectivity index (χ3v) is 16.0. The van der Waals surface area contributed by atoms with Crippen molar-refractivity contribution in [1.82, 2.24) is 0 Å². The number of unbranched alkanes of at least 4 members (excludes halogenated alkanes) is 45. The van der Waals surface area contributed by atoms with Crippen molar-refractivity contribution < 1.29 is 28.6 Å². The Labute approximate surface area is 504 Å². The van der Waals surface area contributed by atoms with E-state index in [9.17, 15) is 14.4 Å². The fourth-order valence-corrected chi connectivity index (χ4v) is 10.7. The van der Waals surface area contributed by atoms with Crippen LogP contribution in [0.5, 0.6) is 0 Å². The lowest BCUT2D eigenvalue weighted by atomic mass is 10.0. The molecule has 1 unspecified atom stereocenters. The predicted octanol–water partition coefficient (Wildman–Crippen LogP) is 24.7. The van der Waals surface area contributed by atoms with Gasteiger partial charge in [-0.15, -0.1) is 0 Å². The van der Waals surface area contributed by atoms with E-state index in [2.05, 4.69) is 81.5 Å². The van der Waals surface area contributed by atoms with Crippen LogP contribution in [0.15, 0.2) is 60.8 Å². The molecule has 6 nitrogen and oxygen atoms in total. The van der Waals surface area contributed by atoms with Gasteiger partial charge in [-0.05, 0) is 77.0 Å². The van der Waals surface area contributed by atoms with E-state index in [0.717, 1.165) is 122 Å². The zero-order chi connectivity index (χ0) is 58.5. The van der Waals surface area contributed by atoms with Gasteiger partial charge in [0.05, 0.1) is 0 Å². The van der Waals surface area contributed by atoms with Gasteiger partial charge in [0.1, 0.15) is 13.2 Å². The minimum Gasteiger partial charge on any atom is -0.462 e. The van der Waals surface area contributed by atoms with Crippen LogP contribution in [0.2, 0.25) is 0 Å². The minimum atomic E-state index is -0.789. The summed E-state index contributed by atoms with van der Waals surface area (Å²) in [6.45, 7) is 6.49. The van der Waals surface area contributed by atoms with Crippen LogP contribution >= 0.6 is 0 Å². The Kier molecular flexibility index (Phi) is 67.1. The standard InChI is InChI=1S/C75H136O6/c1-4-7-10-13-16-19-22-25-27-28-29-30-31-32-33-34-35-36-37-38-39-40-41-42-43-44-45-46-48-50-53-56-59-62-65-68-74(77)80-71-72(70-79-73(76)67-64-61-58-55-52-49-24-21-18-15-12-9-6-3)81-75(78)69-66-63-60-57-54-51-47-26-23-20-17-14-11-8-5-2/h8,11-12,15,17,20-21,24,26,47,72H,4-7,9-10,13-14,16,18-19,22-23,25,27-46,48-71H2,1-3H3/b11-8-,15-12-,20-17-,24-21-,47-26-. The van der Waals surface area contributed by atoms with Crippen LogP contribution in [0.4, 0.5) is 0 Å². The SMILES string of the molecule is CC/C=C\C/C=C\C/C=C\CCCCCCCC(=O)OC(COC(=O)CCCCCCC/C=C\C/C=C\CCC)COC(=O)CCCCCCCCCCCCCCCCCCCCCCCCCCCCCCCCCCCCC. The first-order valence-corrected chi connectivity index (χ1v) is 35.8. The van der Waals surface area contributed by atoms with E-state index >= 15 is 0 Å². The Morgan fingerprint density at radius 3 is 0.802 bits per heavy atom. The second-order valence-corrected chi connectivity index (χ2v) is 24.1. The second-order valence-electron chi connectivity index (χ2n) is 24.1. The summed E-state index contributed by atoms with van der Waals surface area (Å²) in [6, 6.07) is 0. The van der Waals surface area contributed by atoms with Gasteiger partial charge in [0, 0.05) is 19.3 Å². The van der Waals surface area contributed by atoms with Crippen LogP contribution in [0.25, 0.3) is 0 Å². The molecular formula is C75H136O6. The Hall–Kier alpha value is -2.89. The largest absolute Gasteiger partial charge is 0.462 e. The molecule has 0 bridgehead atoms. The molecule has 0 aliphatic carbocycles. The number of hydrogen-bond donors (Lipinski definition) is 0. The first-order valence-electron chi connectivity index (χ1n) is 35.8. The lowest BCUT2D eigenvalue weighted by Gasteiger charge is -2.18. The van der Waals surface area contributed by atoms with Crippen LogP contribution in [0.1, 0.15) is 380 Å². The van der Waals surface area contributed by atoms with Crippen molar-refractivity contribution in [2.75, 3.05) is 13.2 Å². The Morgan fingerprint density at radius 2 is 0.506 bits per heavy atom. The third-order valence-electron chi connectivity index (χ3n) is 16.0. The summed E-state index contributed by atoms with van der Waals surface area (Å²) < 4.78 is 16.9. The maximum absolute atomic E-state index is 12.9. The number of allylic oxidation sites excluding steroid dienone is 10. The lowest BCUT2D eigenvalue weighted by molar-refractivity contribution is -0.167. The van der Waals surface area contributed by atoms with Crippen LogP contribution in [0, 0.1) is 0 Å². The number of hydrogen-bond acceptors (Lipinski definition) is 6. The third kappa shape index (κ3) is 67.8. The monoisotopic (exact) mass is 1130 g/mol. The molecule has 0 saturated heterocycles. The van der Waals surface area contributed by atoms with Gasteiger partial charge in [0.2, 0.25) is 0 Å². The van der Waals surface area contributed by atoms with Crippen LogP contribution < -0.4 is 0 Å². The molecule has 0 aromatic rings. The highest BCUT2D eigenvalue weighted by atomic mass is 16.6. The van der Waals surface area contributed by atoms with E-state index in [0.29, 0.717) is 19.3 Å². The quantitative estimate of drug-likeness (QED) is 0.0261. The van der Waals surface area contributed by atoms with Crippen molar-refractivity contribution in [1.29, 1.82) is 0 Å². The van der Waals surface area contributed by atoms with Gasteiger partial charge < -0.3 is 14.2 Å². The number of esters is 3. The van der Waals surface area contributed by atoms with Gasteiger partial charge in [0.15, 0.2) is 6.10 Å². The lowest BCUT2D eigenvalue weighted by Crippen LogP contribution is -2.30. The molecule has 0 heterocycles. The molecule has 0 aliphatic heterocycles. The predicted molar refractivity (Wildman–Crippen MR) is 353 cm³/mol. The van der Waals surface area contributed by atoms with E-state index in [-0.39, 0.29) is 31.1 Å². The van der Waals surface area contributed by atoms with Crippen LogP contribution in [-0.4, -0.2) is 37.2 Å². The van der Waals surface area contributed by atoms with Gasteiger partial charge in [0.25, 0.3) is 0 Å². The van der Waals surface area contributed by atoms with Crippen LogP contribution in [-0.2, 0) is 28.6 Å². The van der Waals surface area contributed by atoms with Gasteiger partial charge >= 0.3 is 17.9 Å². The molecule has 0 fully saturated rings. The van der Waals surface area contributed by atoms with E-state index in [1.807, 2.05) is 0 Å². The molecule has 1 atom stereocenters. The molecule has 0 aromatic carbocycles. The van der Waals surface area contributed by atoms with Crippen molar-refractivity contribution in [3.05, 3.63) is 60.8 Å². The molecule has 6 heteroatoms. The summed E-state index contributed by atoms with van der Waals surface area (Å²) in [5, 5.41) is 0. The Balaban J connectivity index is 4.05. The van der Waals surface area contributed by atoms with Gasteiger partial charge in [-0.2, -0.15) is 0 Å². The number of rotatable bonds is 66. The first kappa shape index (κ1) is 78.1. The fraction of sp³-hybridized carbons (Fsp3) is 0.827. The van der Waals surface area contributed by atoms with E-state index in [1.165, 1.54) is 218 Å². The van der Waals surface area contributed by atoms with E-state index in [1.54, 1.807) is 0 Å².